The van der Waals surface area contributed by atoms with E-state index in [-0.39, 0.29) is 29.9 Å². The summed E-state index contributed by atoms with van der Waals surface area (Å²) in [7, 11) is 1.49. The van der Waals surface area contributed by atoms with Gasteiger partial charge in [-0.05, 0) is 17.7 Å². The summed E-state index contributed by atoms with van der Waals surface area (Å²) < 4.78 is 6.74. The second kappa shape index (κ2) is 7.54. The molecule has 8 nitrogen and oxygen atoms in total. The lowest BCUT2D eigenvalue weighted by atomic mass is 10.1. The Balaban J connectivity index is 1.67. The zero-order valence-electron chi connectivity index (χ0n) is 15.3. The summed E-state index contributed by atoms with van der Waals surface area (Å²) in [4.78, 5) is 25.0. The Hall–Kier alpha value is -2.42. The zero-order chi connectivity index (χ0) is 19.8. The summed E-state index contributed by atoms with van der Waals surface area (Å²) in [5.41, 5.74) is 1.00. The lowest BCUT2D eigenvalue weighted by molar-refractivity contribution is 0.0912. The lowest BCUT2D eigenvalue weighted by Gasteiger charge is -2.18. The van der Waals surface area contributed by atoms with Gasteiger partial charge in [-0.2, -0.15) is 5.10 Å². The number of carbonyl (C=O) groups excluding carboxylic acids is 2. The minimum Gasteiger partial charge on any atom is -0.394 e. The van der Waals surface area contributed by atoms with E-state index < -0.39 is 11.9 Å². The van der Waals surface area contributed by atoms with E-state index in [2.05, 4.69) is 15.7 Å². The first kappa shape index (κ1) is 18.9. The Morgan fingerprint density at radius 1 is 1.32 bits per heavy atom. The van der Waals surface area contributed by atoms with Crippen LogP contribution in [0.5, 0.6) is 0 Å². The molecule has 1 aliphatic heterocycles. The molecule has 1 aromatic carbocycles. The average molecular weight is 405 g/mol. The molecule has 1 saturated carbocycles. The van der Waals surface area contributed by atoms with Crippen LogP contribution in [0, 0.1) is 11.8 Å². The molecule has 2 fully saturated rings. The first-order valence-corrected chi connectivity index (χ1v) is 9.47. The van der Waals surface area contributed by atoms with Crippen molar-refractivity contribution < 1.29 is 19.4 Å². The van der Waals surface area contributed by atoms with Crippen LogP contribution in [0.2, 0.25) is 5.02 Å². The second-order valence-electron chi connectivity index (χ2n) is 7.06. The standard InChI is InChI=1S/C19H21ClN4O4/c1-21-18(26)14-6-15(19(27)22-17-12-8-28-9-13(12)17)24(23-14)16(7-25)10-3-2-4-11(20)5-10/h2-6,12-13,16-17,25H,7-9H2,1H3,(H,21,26)(H,22,27)/t12-,13+,16-,17+/m0/s1. The van der Waals surface area contributed by atoms with Crippen molar-refractivity contribution in [2.24, 2.45) is 11.8 Å². The number of aliphatic hydroxyl groups is 1. The summed E-state index contributed by atoms with van der Waals surface area (Å²) in [6.45, 7) is 0.998. The summed E-state index contributed by atoms with van der Waals surface area (Å²) in [5, 5.41) is 20.3. The van der Waals surface area contributed by atoms with E-state index in [4.69, 9.17) is 16.3 Å². The van der Waals surface area contributed by atoms with Crippen LogP contribution in [0.15, 0.2) is 30.3 Å². The fourth-order valence-electron chi connectivity index (χ4n) is 3.76. The van der Waals surface area contributed by atoms with Crippen LogP contribution < -0.4 is 10.6 Å². The maximum atomic E-state index is 12.9. The van der Waals surface area contributed by atoms with Crippen LogP contribution in [-0.2, 0) is 4.74 Å². The average Bonchev–Trinajstić information content (AvgIpc) is 3.08. The molecule has 148 valence electrons. The van der Waals surface area contributed by atoms with Gasteiger partial charge in [0.1, 0.15) is 11.7 Å². The van der Waals surface area contributed by atoms with Gasteiger partial charge in [0.15, 0.2) is 5.69 Å². The van der Waals surface area contributed by atoms with E-state index in [1.54, 1.807) is 24.3 Å². The smallest absolute Gasteiger partial charge is 0.271 e. The molecule has 1 aliphatic carbocycles. The van der Waals surface area contributed by atoms with Crippen molar-refractivity contribution in [2.75, 3.05) is 26.9 Å². The topological polar surface area (TPSA) is 105 Å². The van der Waals surface area contributed by atoms with Crippen molar-refractivity contribution >= 4 is 23.4 Å². The van der Waals surface area contributed by atoms with Crippen LogP contribution in [0.3, 0.4) is 0 Å². The normalized spacial score (nSPS) is 23.8. The van der Waals surface area contributed by atoms with E-state index in [0.29, 0.717) is 35.6 Å². The van der Waals surface area contributed by atoms with Crippen LogP contribution in [0.4, 0.5) is 0 Å². The molecule has 1 saturated heterocycles. The summed E-state index contributed by atoms with van der Waals surface area (Å²) in [6.07, 6.45) is 0. The number of hydrogen-bond donors (Lipinski definition) is 3. The third-order valence-corrected chi connectivity index (χ3v) is 5.61. The summed E-state index contributed by atoms with van der Waals surface area (Å²) in [5.74, 6) is -0.0459. The Labute approximate surface area is 166 Å². The van der Waals surface area contributed by atoms with Gasteiger partial charge in [0, 0.05) is 36.0 Å². The van der Waals surface area contributed by atoms with Crippen LogP contribution in [0.1, 0.15) is 32.6 Å². The highest BCUT2D eigenvalue weighted by molar-refractivity contribution is 6.30. The largest absolute Gasteiger partial charge is 0.394 e. The number of nitrogens with zero attached hydrogens (tertiary/aromatic N) is 2. The van der Waals surface area contributed by atoms with Crippen molar-refractivity contribution in [2.45, 2.75) is 12.1 Å². The van der Waals surface area contributed by atoms with E-state index in [9.17, 15) is 14.7 Å². The number of halogens is 1. The highest BCUT2D eigenvalue weighted by Gasteiger charge is 2.55. The molecule has 2 aromatic rings. The van der Waals surface area contributed by atoms with Gasteiger partial charge in [0.2, 0.25) is 0 Å². The minimum atomic E-state index is -0.653. The summed E-state index contributed by atoms with van der Waals surface area (Å²) >= 11 is 6.08. The number of rotatable bonds is 6. The molecular formula is C19H21ClN4O4. The molecule has 3 N–H and O–H groups in total. The van der Waals surface area contributed by atoms with E-state index in [1.165, 1.54) is 17.8 Å². The molecular weight excluding hydrogens is 384 g/mol. The first-order valence-electron chi connectivity index (χ1n) is 9.10. The van der Waals surface area contributed by atoms with Crippen molar-refractivity contribution in [3.8, 4) is 0 Å². The third-order valence-electron chi connectivity index (χ3n) is 5.38. The highest BCUT2D eigenvalue weighted by Crippen LogP contribution is 2.44. The number of fused-ring (bicyclic) bond motifs is 1. The molecule has 0 radical (unpaired) electrons. The molecule has 2 heterocycles. The third kappa shape index (κ3) is 3.39. The van der Waals surface area contributed by atoms with Crippen molar-refractivity contribution in [3.63, 3.8) is 0 Å². The van der Waals surface area contributed by atoms with E-state index >= 15 is 0 Å². The van der Waals surface area contributed by atoms with Gasteiger partial charge in [-0.15, -0.1) is 0 Å². The number of aliphatic hydroxyl groups excluding tert-OH is 1. The highest BCUT2D eigenvalue weighted by atomic mass is 35.5. The fourth-order valence-corrected chi connectivity index (χ4v) is 3.96. The van der Waals surface area contributed by atoms with Gasteiger partial charge in [-0.1, -0.05) is 23.7 Å². The van der Waals surface area contributed by atoms with Crippen molar-refractivity contribution in [1.29, 1.82) is 0 Å². The van der Waals surface area contributed by atoms with Crippen molar-refractivity contribution in [3.05, 3.63) is 52.3 Å². The SMILES string of the molecule is CNC(=O)c1cc(C(=O)N[C@H]2[C@@H]3COC[C@@H]32)n([C@@H](CO)c2cccc(Cl)c2)n1. The maximum absolute atomic E-state index is 12.9. The first-order chi connectivity index (χ1) is 13.5. The van der Waals surface area contributed by atoms with Crippen LogP contribution >= 0.6 is 11.6 Å². The minimum absolute atomic E-state index is 0.0757. The number of amides is 2. The monoisotopic (exact) mass is 404 g/mol. The summed E-state index contributed by atoms with van der Waals surface area (Å²) in [6, 6.07) is 7.84. The van der Waals surface area contributed by atoms with Gasteiger partial charge in [0.05, 0.1) is 19.8 Å². The molecule has 9 heteroatoms. The van der Waals surface area contributed by atoms with Gasteiger partial charge >= 0.3 is 0 Å². The molecule has 2 amide bonds. The van der Waals surface area contributed by atoms with Crippen LogP contribution in [-0.4, -0.2) is 59.6 Å². The predicted molar refractivity (Wildman–Crippen MR) is 101 cm³/mol. The Kier molecular flexibility index (Phi) is 5.09. The number of hydrogen-bond acceptors (Lipinski definition) is 5. The number of aromatic nitrogens is 2. The maximum Gasteiger partial charge on any atom is 0.271 e. The number of carbonyl (C=O) groups is 2. The second-order valence-corrected chi connectivity index (χ2v) is 7.49. The molecule has 0 spiro atoms. The van der Waals surface area contributed by atoms with Crippen LogP contribution in [0.25, 0.3) is 0 Å². The number of benzene rings is 1. The zero-order valence-corrected chi connectivity index (χ0v) is 16.0. The Bertz CT molecular complexity index is 905. The molecule has 0 bridgehead atoms. The van der Waals surface area contributed by atoms with Gasteiger partial charge in [-0.3, -0.25) is 9.59 Å². The molecule has 1 aromatic heterocycles. The quantitative estimate of drug-likeness (QED) is 0.662. The number of nitrogens with one attached hydrogen (secondary N) is 2. The Morgan fingerprint density at radius 2 is 2.07 bits per heavy atom. The van der Waals surface area contributed by atoms with E-state index in [1.807, 2.05) is 0 Å². The van der Waals surface area contributed by atoms with Gasteiger partial charge in [0.25, 0.3) is 11.8 Å². The van der Waals surface area contributed by atoms with Crippen molar-refractivity contribution in [1.82, 2.24) is 20.4 Å². The molecule has 2 aliphatic rings. The Morgan fingerprint density at radius 3 is 2.71 bits per heavy atom. The molecule has 28 heavy (non-hydrogen) atoms. The predicted octanol–water partition coefficient (Wildman–Crippen LogP) is 0.852. The van der Waals surface area contributed by atoms with Gasteiger partial charge < -0.3 is 20.5 Å². The fraction of sp³-hybridized carbons (Fsp3) is 0.421. The van der Waals surface area contributed by atoms with E-state index in [0.717, 1.165) is 0 Å². The molecule has 4 rings (SSSR count). The van der Waals surface area contributed by atoms with Gasteiger partial charge in [-0.25, -0.2) is 4.68 Å². The number of ether oxygens (including phenoxy) is 1. The molecule has 4 atom stereocenters. The lowest BCUT2D eigenvalue weighted by Crippen LogP contribution is -2.33. The molecule has 0 unspecified atom stereocenters.